The molecular weight excluding hydrogens is 471 g/mol. The minimum atomic E-state index is -0.256. The molecule has 2 saturated carbocycles. The van der Waals surface area contributed by atoms with Gasteiger partial charge in [0.05, 0.1) is 5.69 Å². The summed E-state index contributed by atoms with van der Waals surface area (Å²) in [5.74, 6) is 0.925. The van der Waals surface area contributed by atoms with E-state index < -0.39 is 0 Å². The number of amides is 1. The Morgan fingerprint density at radius 3 is 2.41 bits per heavy atom. The first kappa shape index (κ1) is 29.4. The van der Waals surface area contributed by atoms with Crippen LogP contribution in [0, 0.1) is 24.1 Å². The van der Waals surface area contributed by atoms with Crippen LogP contribution < -0.4 is 27.8 Å². The van der Waals surface area contributed by atoms with Crippen molar-refractivity contribution in [2.24, 2.45) is 28.5 Å². The Morgan fingerprint density at radius 2 is 1.89 bits per heavy atom. The first-order valence-electron chi connectivity index (χ1n) is 12.4. The summed E-state index contributed by atoms with van der Waals surface area (Å²) in [6.45, 7) is 4.89. The lowest BCUT2D eigenvalue weighted by Crippen LogP contribution is -2.09. The lowest BCUT2D eigenvalue weighted by atomic mass is 9.98. The summed E-state index contributed by atoms with van der Waals surface area (Å²) in [6.07, 6.45) is 12.1. The van der Waals surface area contributed by atoms with E-state index in [-0.39, 0.29) is 12.2 Å². The number of nitrogens with two attached hydrogens (primary N) is 3. The molecule has 2 aliphatic carbocycles. The van der Waals surface area contributed by atoms with Crippen LogP contribution in [-0.4, -0.2) is 31.3 Å². The summed E-state index contributed by atoms with van der Waals surface area (Å²) in [6, 6.07) is 7.05. The smallest absolute Gasteiger partial charge is 0.204 e. The summed E-state index contributed by atoms with van der Waals surface area (Å²) in [5.41, 5.74) is 21.1. The zero-order chi connectivity index (χ0) is 27.4. The van der Waals surface area contributed by atoms with Crippen molar-refractivity contribution >= 4 is 35.5 Å². The van der Waals surface area contributed by atoms with Crippen LogP contribution in [0.5, 0.6) is 0 Å². The number of nitrogens with one attached hydrogen (secondary N) is 2. The predicted molar refractivity (Wildman–Crippen MR) is 149 cm³/mol. The molecule has 0 atom stereocenters. The van der Waals surface area contributed by atoms with E-state index in [1.54, 1.807) is 13.2 Å². The van der Waals surface area contributed by atoms with E-state index >= 15 is 0 Å². The number of nitrogens with zero attached hydrogens (tertiary/aromatic N) is 1. The number of allylic oxidation sites excluding steroid dienone is 2. The number of anilines is 2. The number of hydrogen-bond donors (Lipinski definition) is 5. The number of halogens is 1. The maximum absolute atomic E-state index is 14.5. The topological polar surface area (TPSA) is 149 Å². The number of aryl methyl sites for hydroxylation is 1. The highest BCUT2D eigenvalue weighted by Crippen LogP contribution is 2.47. The van der Waals surface area contributed by atoms with Gasteiger partial charge in [-0.05, 0) is 91.5 Å². The van der Waals surface area contributed by atoms with Gasteiger partial charge in [0.2, 0.25) is 6.41 Å². The van der Waals surface area contributed by atoms with E-state index in [9.17, 15) is 9.18 Å². The fraction of sp³-hybridized carbons (Fsp3) is 0.393. The zero-order valence-corrected chi connectivity index (χ0v) is 21.9. The van der Waals surface area contributed by atoms with Crippen molar-refractivity contribution in [3.8, 4) is 0 Å². The summed E-state index contributed by atoms with van der Waals surface area (Å²) in [4.78, 5) is 22.4. The van der Waals surface area contributed by atoms with Gasteiger partial charge in [0.1, 0.15) is 17.9 Å². The number of hydrogen-bond acceptors (Lipinski definition) is 7. The molecule has 2 aliphatic rings. The molecule has 0 spiro atoms. The van der Waals surface area contributed by atoms with Crippen LogP contribution in [0.2, 0.25) is 0 Å². The summed E-state index contributed by atoms with van der Waals surface area (Å²) in [7, 11) is 1.80. The molecule has 0 unspecified atom stereocenters. The fourth-order valence-corrected chi connectivity index (χ4v) is 3.53. The van der Waals surface area contributed by atoms with Crippen molar-refractivity contribution in [1.29, 1.82) is 0 Å². The van der Waals surface area contributed by atoms with Crippen molar-refractivity contribution in [3.05, 3.63) is 65.2 Å². The molecule has 37 heavy (non-hydrogen) atoms. The van der Waals surface area contributed by atoms with E-state index in [1.807, 2.05) is 31.2 Å². The highest BCUT2D eigenvalue weighted by molar-refractivity contribution is 5.85. The monoisotopic (exact) mass is 510 g/mol. The molecule has 200 valence electrons. The lowest BCUT2D eigenvalue weighted by molar-refractivity contribution is -0.109. The quantitative estimate of drug-likeness (QED) is 0.251. The van der Waals surface area contributed by atoms with Crippen LogP contribution in [0.1, 0.15) is 55.7 Å². The standard InChI is InChI=1S/C23H30FN5.C4H6O.CH3NO/c1-15-10-19(24)21(28-9-7-23(2)5-6-23)13-18(15)17(14-25)11-20(26)16-4-8-29-22(12-16)27-3;5-3-4-1-2-4;2-1-3/h4,8,10-14,28H,5-7,9,25-26H2,1-3H3,(H,27,29);3-4H,1-2H2;1H,(H2,2,3)/b17-14+,20-11-;;. The van der Waals surface area contributed by atoms with Crippen LogP contribution in [0.15, 0.2) is 42.7 Å². The molecule has 8 nitrogen and oxygen atoms in total. The van der Waals surface area contributed by atoms with E-state index in [0.29, 0.717) is 22.7 Å². The third-order valence-electron chi connectivity index (χ3n) is 6.43. The second kappa shape index (κ2) is 14.0. The van der Waals surface area contributed by atoms with Gasteiger partial charge in [-0.25, -0.2) is 9.37 Å². The van der Waals surface area contributed by atoms with Gasteiger partial charge >= 0.3 is 0 Å². The summed E-state index contributed by atoms with van der Waals surface area (Å²) < 4.78 is 14.5. The first-order valence-corrected chi connectivity index (χ1v) is 12.4. The second-order valence-corrected chi connectivity index (χ2v) is 9.65. The summed E-state index contributed by atoms with van der Waals surface area (Å²) in [5, 5.41) is 6.24. The Morgan fingerprint density at radius 1 is 1.22 bits per heavy atom. The molecule has 0 aliphatic heterocycles. The van der Waals surface area contributed by atoms with Gasteiger partial charge in [0, 0.05) is 43.2 Å². The van der Waals surface area contributed by atoms with Gasteiger partial charge < -0.3 is 32.6 Å². The third kappa shape index (κ3) is 9.59. The normalized spacial score (nSPS) is 15.8. The number of rotatable bonds is 9. The molecule has 9 heteroatoms. The molecule has 1 amide bonds. The second-order valence-electron chi connectivity index (χ2n) is 9.65. The largest absolute Gasteiger partial charge is 0.404 e. The van der Waals surface area contributed by atoms with Crippen molar-refractivity contribution in [1.82, 2.24) is 4.98 Å². The minimum absolute atomic E-state index is 0.250. The number of aldehydes is 1. The number of aromatic nitrogens is 1. The molecule has 2 fully saturated rings. The Hall–Kier alpha value is -3.88. The number of carbonyl (C=O) groups is 2. The molecule has 1 heterocycles. The summed E-state index contributed by atoms with van der Waals surface area (Å²) >= 11 is 0. The highest BCUT2D eigenvalue weighted by atomic mass is 19.1. The Balaban J connectivity index is 0.000000518. The molecule has 0 saturated heterocycles. The first-order chi connectivity index (χ1) is 17.7. The molecule has 1 aromatic carbocycles. The van der Waals surface area contributed by atoms with Crippen molar-refractivity contribution in [2.45, 2.75) is 46.0 Å². The van der Waals surface area contributed by atoms with Gasteiger partial charge in [-0.15, -0.1) is 0 Å². The van der Waals surface area contributed by atoms with E-state index in [0.717, 1.165) is 60.2 Å². The minimum Gasteiger partial charge on any atom is -0.404 e. The van der Waals surface area contributed by atoms with E-state index in [1.165, 1.54) is 25.1 Å². The van der Waals surface area contributed by atoms with Crippen LogP contribution in [-0.2, 0) is 9.59 Å². The number of primary amides is 1. The van der Waals surface area contributed by atoms with Gasteiger partial charge in [-0.2, -0.15) is 0 Å². The van der Waals surface area contributed by atoms with E-state index in [4.69, 9.17) is 16.3 Å². The molecule has 2 aromatic rings. The van der Waals surface area contributed by atoms with Crippen molar-refractivity contribution in [3.63, 3.8) is 0 Å². The fourth-order valence-electron chi connectivity index (χ4n) is 3.53. The van der Waals surface area contributed by atoms with Crippen LogP contribution in [0.4, 0.5) is 15.9 Å². The van der Waals surface area contributed by atoms with Gasteiger partial charge in [0.15, 0.2) is 0 Å². The maximum atomic E-state index is 14.5. The van der Waals surface area contributed by atoms with Crippen LogP contribution in [0.3, 0.4) is 0 Å². The maximum Gasteiger partial charge on any atom is 0.204 e. The molecular formula is C28H39FN6O2. The third-order valence-corrected chi connectivity index (χ3v) is 6.43. The Labute approximate surface area is 218 Å². The van der Waals surface area contributed by atoms with Gasteiger partial charge in [0.25, 0.3) is 0 Å². The van der Waals surface area contributed by atoms with Gasteiger partial charge in [-0.3, -0.25) is 4.79 Å². The molecule has 1 aromatic heterocycles. The van der Waals surface area contributed by atoms with Crippen LogP contribution >= 0.6 is 0 Å². The molecule has 0 bridgehead atoms. The highest BCUT2D eigenvalue weighted by Gasteiger charge is 2.36. The lowest BCUT2D eigenvalue weighted by Gasteiger charge is -2.15. The zero-order valence-electron chi connectivity index (χ0n) is 21.9. The van der Waals surface area contributed by atoms with Crippen LogP contribution in [0.25, 0.3) is 11.3 Å². The predicted octanol–water partition coefficient (Wildman–Crippen LogP) is 4.17. The average molecular weight is 511 g/mol. The Bertz CT molecular complexity index is 1120. The number of benzene rings is 1. The van der Waals surface area contributed by atoms with Gasteiger partial charge in [-0.1, -0.05) is 6.92 Å². The van der Waals surface area contributed by atoms with E-state index in [2.05, 4.69) is 28.3 Å². The average Bonchev–Trinajstić information content (AvgIpc) is 3.82. The molecule has 0 radical (unpaired) electrons. The number of pyridine rings is 1. The number of carbonyl (C=O) groups excluding carboxylic acids is 2. The molecule has 4 rings (SSSR count). The Kier molecular flexibility index (Phi) is 11.1. The SMILES string of the molecule is CNc1cc(/C(N)=C/C(=C\N)c2cc(NCCC3(C)CC3)c(F)cc2C)ccn1.NC=O.O=CC1CC1. The molecule has 8 N–H and O–H groups in total. The van der Waals surface area contributed by atoms with Crippen molar-refractivity contribution in [2.75, 3.05) is 24.2 Å². The van der Waals surface area contributed by atoms with Crippen molar-refractivity contribution < 1.29 is 14.0 Å².